The lowest BCUT2D eigenvalue weighted by molar-refractivity contribution is 0.482. The molecule has 0 bridgehead atoms. The summed E-state index contributed by atoms with van der Waals surface area (Å²) in [6, 6.07) is 40.7. The van der Waals surface area contributed by atoms with Gasteiger partial charge in [-0.25, -0.2) is 0 Å². The monoisotopic (exact) mass is 993 g/mol. The van der Waals surface area contributed by atoms with Crippen molar-refractivity contribution in [2.45, 2.75) is 78.6 Å². The van der Waals surface area contributed by atoms with Crippen LogP contribution in [0.2, 0.25) is 0 Å². The van der Waals surface area contributed by atoms with Gasteiger partial charge in [-0.15, -0.1) is 0 Å². The summed E-state index contributed by atoms with van der Waals surface area (Å²) < 4.78 is 121. The molecule has 14 rings (SSSR count). The third kappa shape index (κ3) is 7.17. The Morgan fingerprint density at radius 2 is 0.974 bits per heavy atom. The number of hydrogen-bond acceptors (Lipinski definition) is 1. The SMILES string of the molecule is [2H]c1c([2H])c([2H])c(-c2c([2H])c([2H])c3c(c2[2H])c2c([2H])c([2H])c([2H])c([2H])c2n3-c2ccc3c(c2)Oc2cc(C(C)(C)C)cc4c2B3c2cc(-c3cc(C(C)(C)C)cc(C(C)(C)C)c3)cc3c5ccccc5c5ccccc5c5ccccc5n-4c23)c([2H])c1[2H]. The van der Waals surface area contributed by atoms with Crippen molar-refractivity contribution in [3.05, 3.63) is 223 Å². The van der Waals surface area contributed by atoms with Gasteiger partial charge in [-0.05, 0) is 142 Å². The number of fused-ring (bicyclic) bond motifs is 14. The van der Waals surface area contributed by atoms with Gasteiger partial charge in [-0.1, -0.05) is 214 Å². The van der Waals surface area contributed by atoms with E-state index in [9.17, 15) is 6.85 Å². The Labute approximate surface area is 463 Å². The minimum atomic E-state index is -0.688. The molecule has 0 spiro atoms. The summed E-state index contributed by atoms with van der Waals surface area (Å²) in [5.41, 5.74) is 9.83. The quantitative estimate of drug-likeness (QED) is 0.161. The summed E-state index contributed by atoms with van der Waals surface area (Å²) in [6.07, 6.45) is 0. The van der Waals surface area contributed by atoms with Crippen molar-refractivity contribution in [2.75, 3.05) is 0 Å². The largest absolute Gasteiger partial charge is 0.458 e. The van der Waals surface area contributed by atoms with Crippen LogP contribution in [0.4, 0.5) is 0 Å². The van der Waals surface area contributed by atoms with E-state index < -0.39 is 90.3 Å². The molecule has 3 nitrogen and oxygen atoms in total. The fraction of sp³-hybridized carbons (Fsp3) is 0.167. The summed E-state index contributed by atoms with van der Waals surface area (Å²) in [6.45, 7) is 19.6. The molecule has 10 aromatic carbocycles. The second-order valence-corrected chi connectivity index (χ2v) is 23.7. The van der Waals surface area contributed by atoms with E-state index >= 15 is 0 Å². The Hall–Kier alpha value is -8.34. The lowest BCUT2D eigenvalue weighted by Gasteiger charge is -2.36. The zero-order chi connectivity index (χ0) is 62.4. The highest BCUT2D eigenvalue weighted by Gasteiger charge is 2.41. The van der Waals surface area contributed by atoms with Crippen LogP contribution < -0.4 is 21.1 Å². The van der Waals surface area contributed by atoms with Crippen molar-refractivity contribution >= 4 is 88.3 Å². The molecule has 4 heteroatoms. The molecule has 0 fully saturated rings. The fourth-order valence-corrected chi connectivity index (χ4v) is 11.8. The molecule has 0 N–H and O–H groups in total. The van der Waals surface area contributed by atoms with Crippen molar-refractivity contribution in [3.8, 4) is 45.1 Å². The van der Waals surface area contributed by atoms with Crippen LogP contribution in [-0.4, -0.2) is 15.8 Å². The molecule has 2 aliphatic heterocycles. The van der Waals surface area contributed by atoms with E-state index in [1.54, 1.807) is 0 Å². The normalized spacial score (nSPS) is 15.4. The van der Waals surface area contributed by atoms with Crippen molar-refractivity contribution in [3.63, 3.8) is 0 Å². The van der Waals surface area contributed by atoms with E-state index in [0.29, 0.717) is 17.2 Å². The van der Waals surface area contributed by atoms with Gasteiger partial charge in [0.25, 0.3) is 6.71 Å². The standard InChI is InChI=1S/C72H61BN2O/c1-70(2,3)48-35-46(36-49(40-48)71(4,5)6)47-38-59-55-26-16-14-24-53(55)52-23-13-15-25-54(52)56-27-17-20-30-63(56)75-65-41-50(72(7,8)9)42-67-68(65)73(61(39-47)69(59)75)60-33-32-51(43-66(60)76-67)74-62-29-19-18-28-57(62)58-37-45(31-34-64(58)74)44-21-11-10-12-22-44/h10-43H,1-9H3/i10D,11D,12D,18D,19D,21D,22D,28D,29D,31D,34D,37D. The molecule has 0 aliphatic carbocycles. The van der Waals surface area contributed by atoms with E-state index in [-0.39, 0.29) is 38.1 Å². The minimum Gasteiger partial charge on any atom is -0.458 e. The predicted octanol–water partition coefficient (Wildman–Crippen LogP) is 17.5. The van der Waals surface area contributed by atoms with E-state index in [1.165, 1.54) is 15.7 Å². The van der Waals surface area contributed by atoms with Gasteiger partial charge in [0.2, 0.25) is 0 Å². The maximum absolute atomic E-state index is 9.86. The van der Waals surface area contributed by atoms with Crippen LogP contribution in [0.5, 0.6) is 11.5 Å². The van der Waals surface area contributed by atoms with Crippen LogP contribution in [0.15, 0.2) is 206 Å². The molecule has 2 aliphatic rings. The first-order valence-corrected chi connectivity index (χ1v) is 26.1. The lowest BCUT2D eigenvalue weighted by Crippen LogP contribution is -2.58. The van der Waals surface area contributed by atoms with Crippen molar-refractivity contribution < 1.29 is 21.2 Å². The summed E-state index contributed by atoms with van der Waals surface area (Å²) in [4.78, 5) is 0. The van der Waals surface area contributed by atoms with Gasteiger partial charge in [0.15, 0.2) is 0 Å². The molecule has 0 saturated carbocycles. The number of benzene rings is 10. The van der Waals surface area contributed by atoms with Crippen molar-refractivity contribution in [2.24, 2.45) is 0 Å². The summed E-state index contributed by atoms with van der Waals surface area (Å²) >= 11 is 0. The number of nitrogens with zero attached hydrogens (tertiary/aromatic N) is 2. The number of para-hydroxylation sites is 2. The summed E-state index contributed by atoms with van der Waals surface area (Å²) in [7, 11) is 0. The van der Waals surface area contributed by atoms with Gasteiger partial charge < -0.3 is 13.9 Å². The van der Waals surface area contributed by atoms with Crippen LogP contribution >= 0.6 is 0 Å². The van der Waals surface area contributed by atoms with Crippen LogP contribution in [-0.2, 0) is 16.2 Å². The topological polar surface area (TPSA) is 19.1 Å². The second-order valence-electron chi connectivity index (χ2n) is 23.7. The maximum Gasteiger partial charge on any atom is 0.256 e. The summed E-state index contributed by atoms with van der Waals surface area (Å²) in [5.74, 6) is 1.06. The molecule has 12 aromatic rings. The molecule has 0 atom stereocenters. The van der Waals surface area contributed by atoms with Crippen LogP contribution in [0, 0.1) is 0 Å². The Morgan fingerprint density at radius 1 is 0.395 bits per heavy atom. The Morgan fingerprint density at radius 3 is 1.66 bits per heavy atom. The van der Waals surface area contributed by atoms with Gasteiger partial charge >= 0.3 is 0 Å². The summed E-state index contributed by atoms with van der Waals surface area (Å²) in [5, 5.41) is 6.18. The highest BCUT2D eigenvalue weighted by Crippen LogP contribution is 2.44. The molecular weight excluding hydrogens is 920 g/mol. The first kappa shape index (κ1) is 35.0. The van der Waals surface area contributed by atoms with E-state index in [2.05, 4.69) is 182 Å². The van der Waals surface area contributed by atoms with Gasteiger partial charge in [0.05, 0.1) is 33.0 Å². The average molecular weight is 993 g/mol. The third-order valence-corrected chi connectivity index (χ3v) is 15.8. The van der Waals surface area contributed by atoms with Gasteiger partial charge in [-0.3, -0.25) is 0 Å². The average Bonchev–Trinajstić information content (AvgIpc) is 1.48. The fourth-order valence-electron chi connectivity index (χ4n) is 11.8. The highest BCUT2D eigenvalue weighted by atomic mass is 16.5. The number of aromatic nitrogens is 2. The van der Waals surface area contributed by atoms with Crippen molar-refractivity contribution in [1.29, 1.82) is 0 Å². The Kier molecular flexibility index (Phi) is 7.64. The predicted molar refractivity (Wildman–Crippen MR) is 326 cm³/mol. The highest BCUT2D eigenvalue weighted by molar-refractivity contribution is 6.99. The molecule has 0 amide bonds. The van der Waals surface area contributed by atoms with E-state index in [0.717, 1.165) is 82.1 Å². The molecule has 4 heterocycles. The maximum atomic E-state index is 9.86. The molecule has 2 aromatic heterocycles. The lowest BCUT2D eigenvalue weighted by atomic mass is 9.34. The Bertz CT molecular complexity index is 5170. The van der Waals surface area contributed by atoms with Crippen LogP contribution in [0.1, 0.15) is 95.5 Å². The number of rotatable bonds is 3. The second kappa shape index (κ2) is 16.6. The van der Waals surface area contributed by atoms with E-state index in [1.807, 2.05) is 18.2 Å². The zero-order valence-corrected chi connectivity index (χ0v) is 44.1. The molecule has 0 radical (unpaired) electrons. The minimum absolute atomic E-state index is 0.0713. The molecule has 368 valence electrons. The smallest absolute Gasteiger partial charge is 0.256 e. The molecule has 0 saturated heterocycles. The van der Waals surface area contributed by atoms with Crippen LogP contribution in [0.25, 0.3) is 98.8 Å². The van der Waals surface area contributed by atoms with Crippen molar-refractivity contribution in [1.82, 2.24) is 9.13 Å². The molecule has 76 heavy (non-hydrogen) atoms. The van der Waals surface area contributed by atoms with Gasteiger partial charge in [0.1, 0.15) is 11.5 Å². The Balaban J connectivity index is 1.15. The van der Waals surface area contributed by atoms with Gasteiger partial charge in [0, 0.05) is 44.5 Å². The first-order chi connectivity index (χ1) is 41.6. The van der Waals surface area contributed by atoms with Crippen LogP contribution in [0.3, 0.4) is 0 Å². The zero-order valence-electron chi connectivity index (χ0n) is 56.1. The number of hydrogen-bond donors (Lipinski definition) is 0. The van der Waals surface area contributed by atoms with E-state index in [4.69, 9.17) is 14.3 Å². The molecular formula is C72H61BN2O. The first-order valence-electron chi connectivity index (χ1n) is 32.1. The third-order valence-electron chi connectivity index (χ3n) is 15.8. The number of ether oxygens (including phenoxy) is 1. The van der Waals surface area contributed by atoms with Gasteiger partial charge in [-0.2, -0.15) is 0 Å². The molecule has 0 unspecified atom stereocenters.